The zero-order valence-corrected chi connectivity index (χ0v) is 13.0. The van der Waals surface area contributed by atoms with E-state index in [1.54, 1.807) is 0 Å². The number of rotatable bonds is 2. The van der Waals surface area contributed by atoms with Crippen LogP contribution in [0.15, 0.2) is 17.9 Å². The van der Waals surface area contributed by atoms with Crippen LogP contribution in [0, 0.1) is 13.8 Å². The summed E-state index contributed by atoms with van der Waals surface area (Å²) < 4.78 is 25.7. The Morgan fingerprint density at radius 3 is 2.20 bits per heavy atom. The molecule has 1 saturated heterocycles. The lowest BCUT2D eigenvalue weighted by atomic mass is 9.86. The highest BCUT2D eigenvalue weighted by molar-refractivity contribution is 6.54. The molecule has 1 aliphatic heterocycles. The molecule has 0 aromatic carbocycles. The number of aryl methyl sites for hydroxylation is 2. The second-order valence-electron chi connectivity index (χ2n) is 6.24. The van der Waals surface area contributed by atoms with Crippen molar-refractivity contribution in [3.8, 4) is 0 Å². The van der Waals surface area contributed by atoms with Crippen LogP contribution in [0.2, 0.25) is 0 Å². The Morgan fingerprint density at radius 2 is 1.70 bits per heavy atom. The first kappa shape index (κ1) is 15.2. The van der Waals surface area contributed by atoms with E-state index < -0.39 is 24.0 Å². The van der Waals surface area contributed by atoms with E-state index in [0.717, 1.165) is 17.0 Å². The normalized spacial score (nSPS) is 21.4. The quantitative estimate of drug-likeness (QED) is 0.773. The average molecular weight is 277 g/mol. The lowest BCUT2D eigenvalue weighted by Gasteiger charge is -2.32. The molecular formula is C15H21BFNO2. The molecule has 1 fully saturated rings. The Labute approximate surface area is 120 Å². The van der Waals surface area contributed by atoms with Gasteiger partial charge in [-0.2, -0.15) is 0 Å². The molecule has 0 atom stereocenters. The van der Waals surface area contributed by atoms with Gasteiger partial charge in [0.15, 0.2) is 0 Å². The fourth-order valence-electron chi connectivity index (χ4n) is 2.02. The number of aromatic nitrogens is 1. The van der Waals surface area contributed by atoms with E-state index in [1.807, 2.05) is 53.7 Å². The summed E-state index contributed by atoms with van der Waals surface area (Å²) in [7, 11) is -0.958. The molecule has 0 bridgehead atoms. The smallest absolute Gasteiger partial charge is 0.398 e. The van der Waals surface area contributed by atoms with Crippen LogP contribution < -0.4 is 0 Å². The maximum absolute atomic E-state index is 14.3. The highest BCUT2D eigenvalue weighted by Gasteiger charge is 2.53. The molecule has 0 amide bonds. The Bertz CT molecular complexity index is 539. The van der Waals surface area contributed by atoms with Gasteiger partial charge < -0.3 is 9.31 Å². The summed E-state index contributed by atoms with van der Waals surface area (Å²) in [6.07, 6.45) is 1.43. The fourth-order valence-corrected chi connectivity index (χ4v) is 2.02. The predicted molar refractivity (Wildman–Crippen MR) is 78.9 cm³/mol. The standard InChI is InChI=1S/C15H21BFNO2/c1-10-7-8-12(11(2)18-10)9-13(17)16-19-14(3,4)15(5,6)20-16/h7-9H,1-6H3. The molecule has 0 aliphatic carbocycles. The van der Waals surface area contributed by atoms with Crippen LogP contribution in [0.25, 0.3) is 6.08 Å². The van der Waals surface area contributed by atoms with Crippen molar-refractivity contribution in [2.24, 2.45) is 0 Å². The summed E-state index contributed by atoms with van der Waals surface area (Å²) in [5.74, 6) is 0. The second-order valence-corrected chi connectivity index (χ2v) is 6.24. The van der Waals surface area contributed by atoms with Crippen LogP contribution in [-0.2, 0) is 9.31 Å². The molecule has 2 heterocycles. The maximum atomic E-state index is 14.3. The highest BCUT2D eigenvalue weighted by atomic mass is 19.1. The Hall–Kier alpha value is -1.20. The summed E-state index contributed by atoms with van der Waals surface area (Å²) in [5, 5.41) is 0. The molecule has 0 unspecified atom stereocenters. The summed E-state index contributed by atoms with van der Waals surface area (Å²) in [6, 6.07) is 3.71. The van der Waals surface area contributed by atoms with Crippen molar-refractivity contribution in [1.29, 1.82) is 0 Å². The molecule has 0 radical (unpaired) electrons. The van der Waals surface area contributed by atoms with Gasteiger partial charge in [0.1, 0.15) is 5.73 Å². The minimum atomic E-state index is -0.958. The van der Waals surface area contributed by atoms with Gasteiger partial charge >= 0.3 is 7.12 Å². The first-order valence-electron chi connectivity index (χ1n) is 6.79. The molecule has 1 aromatic rings. The summed E-state index contributed by atoms with van der Waals surface area (Å²) in [4.78, 5) is 4.32. The zero-order valence-electron chi connectivity index (χ0n) is 13.0. The Morgan fingerprint density at radius 1 is 1.15 bits per heavy atom. The van der Waals surface area contributed by atoms with Gasteiger partial charge in [0, 0.05) is 11.4 Å². The number of pyridine rings is 1. The average Bonchev–Trinajstić information content (AvgIpc) is 2.52. The second kappa shape index (κ2) is 4.97. The van der Waals surface area contributed by atoms with Crippen molar-refractivity contribution in [2.75, 3.05) is 0 Å². The molecule has 2 rings (SSSR count). The van der Waals surface area contributed by atoms with Crippen LogP contribution in [0.4, 0.5) is 4.39 Å². The van der Waals surface area contributed by atoms with Crippen molar-refractivity contribution in [2.45, 2.75) is 52.7 Å². The molecule has 1 aliphatic rings. The van der Waals surface area contributed by atoms with Crippen molar-refractivity contribution in [1.82, 2.24) is 4.98 Å². The SMILES string of the molecule is Cc1ccc(C=C(F)B2OC(C)(C)C(C)(C)O2)c(C)n1. The van der Waals surface area contributed by atoms with E-state index in [9.17, 15) is 4.39 Å². The highest BCUT2D eigenvalue weighted by Crippen LogP contribution is 2.39. The Balaban J connectivity index is 2.24. The van der Waals surface area contributed by atoms with Crippen molar-refractivity contribution >= 4 is 13.2 Å². The van der Waals surface area contributed by atoms with Crippen molar-refractivity contribution in [3.05, 3.63) is 34.8 Å². The van der Waals surface area contributed by atoms with Crippen molar-refractivity contribution in [3.63, 3.8) is 0 Å². The monoisotopic (exact) mass is 277 g/mol. The topological polar surface area (TPSA) is 31.4 Å². The molecule has 20 heavy (non-hydrogen) atoms. The molecule has 0 spiro atoms. The lowest BCUT2D eigenvalue weighted by Crippen LogP contribution is -2.41. The van der Waals surface area contributed by atoms with Crippen LogP contribution in [0.1, 0.15) is 44.6 Å². The third-order valence-electron chi connectivity index (χ3n) is 4.04. The maximum Gasteiger partial charge on any atom is 0.525 e. The van der Waals surface area contributed by atoms with Crippen LogP contribution in [-0.4, -0.2) is 23.3 Å². The summed E-state index contributed by atoms with van der Waals surface area (Å²) in [6.45, 7) is 11.4. The fraction of sp³-hybridized carbons (Fsp3) is 0.533. The van der Waals surface area contributed by atoms with E-state index in [4.69, 9.17) is 9.31 Å². The van der Waals surface area contributed by atoms with Crippen LogP contribution >= 0.6 is 0 Å². The molecule has 1 aromatic heterocycles. The van der Waals surface area contributed by atoms with Gasteiger partial charge in [-0.25, -0.2) is 4.39 Å². The minimum Gasteiger partial charge on any atom is -0.398 e. The molecule has 108 valence electrons. The third kappa shape index (κ3) is 2.79. The van der Waals surface area contributed by atoms with Gasteiger partial charge in [-0.05, 0) is 59.2 Å². The molecule has 5 heteroatoms. The predicted octanol–water partition coefficient (Wildman–Crippen LogP) is 3.64. The van der Waals surface area contributed by atoms with E-state index >= 15 is 0 Å². The lowest BCUT2D eigenvalue weighted by molar-refractivity contribution is 0.00578. The zero-order chi connectivity index (χ0) is 15.1. The summed E-state index contributed by atoms with van der Waals surface area (Å²) in [5.41, 5.74) is 0.930. The first-order chi connectivity index (χ1) is 9.12. The molecular weight excluding hydrogens is 256 g/mol. The van der Waals surface area contributed by atoms with Gasteiger partial charge in [0.25, 0.3) is 0 Å². The number of hydrogen-bond acceptors (Lipinski definition) is 3. The van der Waals surface area contributed by atoms with Crippen LogP contribution in [0.5, 0.6) is 0 Å². The van der Waals surface area contributed by atoms with Crippen LogP contribution in [0.3, 0.4) is 0 Å². The van der Waals surface area contributed by atoms with Gasteiger partial charge in [-0.1, -0.05) is 6.07 Å². The third-order valence-corrected chi connectivity index (χ3v) is 4.04. The minimum absolute atomic E-state index is 0.433. The largest absolute Gasteiger partial charge is 0.525 e. The summed E-state index contributed by atoms with van der Waals surface area (Å²) >= 11 is 0. The number of halogens is 1. The number of hydrogen-bond donors (Lipinski definition) is 0. The molecule has 0 N–H and O–H groups in total. The first-order valence-corrected chi connectivity index (χ1v) is 6.79. The van der Waals surface area contributed by atoms with Gasteiger partial charge in [0.2, 0.25) is 0 Å². The Kier molecular flexibility index (Phi) is 3.78. The van der Waals surface area contributed by atoms with Gasteiger partial charge in [-0.15, -0.1) is 0 Å². The van der Waals surface area contributed by atoms with E-state index in [-0.39, 0.29) is 0 Å². The molecule has 3 nitrogen and oxygen atoms in total. The number of nitrogens with zero attached hydrogens (tertiary/aromatic N) is 1. The van der Waals surface area contributed by atoms with Gasteiger partial charge in [0.05, 0.1) is 11.2 Å². The van der Waals surface area contributed by atoms with Gasteiger partial charge in [-0.3, -0.25) is 4.98 Å². The van der Waals surface area contributed by atoms with E-state index in [1.165, 1.54) is 6.08 Å². The van der Waals surface area contributed by atoms with Crippen molar-refractivity contribution < 1.29 is 13.7 Å². The van der Waals surface area contributed by atoms with E-state index in [0.29, 0.717) is 0 Å². The van der Waals surface area contributed by atoms with E-state index in [2.05, 4.69) is 4.98 Å². The molecule has 0 saturated carbocycles.